The molecule has 0 bridgehead atoms. The fourth-order valence-corrected chi connectivity index (χ4v) is 2.79. The van der Waals surface area contributed by atoms with Gasteiger partial charge in [0.1, 0.15) is 5.69 Å². The zero-order chi connectivity index (χ0) is 15.5. The number of fused-ring (bicyclic) bond motifs is 1. The molecule has 0 spiro atoms. The van der Waals surface area contributed by atoms with Crippen LogP contribution in [-0.2, 0) is 0 Å². The van der Waals surface area contributed by atoms with E-state index < -0.39 is 0 Å². The monoisotopic (exact) mass is 311 g/mol. The number of hydrogen-bond donors (Lipinski definition) is 0. The van der Waals surface area contributed by atoms with Crippen LogP contribution in [0.4, 0.5) is 5.82 Å². The summed E-state index contributed by atoms with van der Waals surface area (Å²) in [5.41, 5.74) is 1.92. The molecule has 3 aromatic rings. The van der Waals surface area contributed by atoms with Crippen LogP contribution in [0.3, 0.4) is 0 Å². The van der Waals surface area contributed by atoms with Gasteiger partial charge in [0.05, 0.1) is 0 Å². The molecular weight excluding hydrogens is 294 g/mol. The Labute approximate surface area is 135 Å². The molecule has 1 heterocycles. The molecule has 0 aliphatic carbocycles. The summed E-state index contributed by atoms with van der Waals surface area (Å²) in [5, 5.41) is 11.9. The molecule has 1 aromatic heterocycles. The van der Waals surface area contributed by atoms with E-state index in [0.717, 1.165) is 46.0 Å². The van der Waals surface area contributed by atoms with Crippen molar-refractivity contribution in [3.05, 3.63) is 53.6 Å². The number of halogens is 1. The van der Waals surface area contributed by atoms with E-state index in [4.69, 9.17) is 11.6 Å². The highest BCUT2D eigenvalue weighted by Crippen LogP contribution is 2.31. The van der Waals surface area contributed by atoms with Crippen molar-refractivity contribution in [3.8, 4) is 11.3 Å². The van der Waals surface area contributed by atoms with Gasteiger partial charge in [0, 0.05) is 34.4 Å². The fraction of sp³-hybridized carbons (Fsp3) is 0.222. The fourth-order valence-electron chi connectivity index (χ4n) is 2.67. The average molecular weight is 312 g/mol. The Morgan fingerprint density at radius 3 is 2.14 bits per heavy atom. The summed E-state index contributed by atoms with van der Waals surface area (Å²) < 4.78 is 0. The van der Waals surface area contributed by atoms with Gasteiger partial charge >= 0.3 is 0 Å². The van der Waals surface area contributed by atoms with Crippen LogP contribution in [0.25, 0.3) is 22.0 Å². The van der Waals surface area contributed by atoms with E-state index in [-0.39, 0.29) is 0 Å². The van der Waals surface area contributed by atoms with Crippen LogP contribution in [-0.4, -0.2) is 23.3 Å². The zero-order valence-electron chi connectivity index (χ0n) is 12.8. The highest BCUT2D eigenvalue weighted by Gasteiger charge is 2.13. The molecule has 0 aliphatic heterocycles. The smallest absolute Gasteiger partial charge is 0.159 e. The van der Waals surface area contributed by atoms with E-state index in [9.17, 15) is 0 Å². The second-order valence-corrected chi connectivity index (χ2v) is 5.53. The molecule has 3 rings (SSSR count). The van der Waals surface area contributed by atoms with Crippen molar-refractivity contribution < 1.29 is 0 Å². The lowest BCUT2D eigenvalue weighted by molar-refractivity contribution is 0.833. The molecule has 0 amide bonds. The molecule has 0 fully saturated rings. The van der Waals surface area contributed by atoms with Crippen LogP contribution in [0.1, 0.15) is 13.8 Å². The van der Waals surface area contributed by atoms with E-state index >= 15 is 0 Å². The first kappa shape index (κ1) is 14.8. The topological polar surface area (TPSA) is 29.0 Å². The largest absolute Gasteiger partial charge is 0.355 e. The molecule has 0 atom stereocenters. The molecule has 0 radical (unpaired) electrons. The minimum absolute atomic E-state index is 0.723. The zero-order valence-corrected chi connectivity index (χ0v) is 13.5. The third kappa shape index (κ3) is 2.64. The lowest BCUT2D eigenvalue weighted by Gasteiger charge is -2.21. The Kier molecular flexibility index (Phi) is 4.25. The molecular formula is C18H18ClN3. The van der Waals surface area contributed by atoms with Gasteiger partial charge in [0.15, 0.2) is 5.82 Å². The van der Waals surface area contributed by atoms with Gasteiger partial charge in [0.2, 0.25) is 0 Å². The van der Waals surface area contributed by atoms with Crippen molar-refractivity contribution in [2.45, 2.75) is 13.8 Å². The van der Waals surface area contributed by atoms with Crippen molar-refractivity contribution in [3.63, 3.8) is 0 Å². The molecule has 3 nitrogen and oxygen atoms in total. The highest BCUT2D eigenvalue weighted by molar-refractivity contribution is 6.30. The average Bonchev–Trinajstić information content (AvgIpc) is 2.57. The van der Waals surface area contributed by atoms with Gasteiger partial charge < -0.3 is 4.90 Å². The molecule has 0 saturated carbocycles. The SMILES string of the molecule is CCN(CC)c1nnc(-c2ccc(Cl)cc2)c2ccccc12. The third-order valence-electron chi connectivity index (χ3n) is 3.85. The van der Waals surface area contributed by atoms with Crippen LogP contribution in [0.5, 0.6) is 0 Å². The van der Waals surface area contributed by atoms with Crippen LogP contribution in [0.2, 0.25) is 5.02 Å². The number of benzene rings is 2. The summed E-state index contributed by atoms with van der Waals surface area (Å²) in [7, 11) is 0. The number of nitrogens with zero attached hydrogens (tertiary/aromatic N) is 3. The number of aromatic nitrogens is 2. The molecule has 0 unspecified atom stereocenters. The van der Waals surface area contributed by atoms with Gasteiger partial charge in [-0.25, -0.2) is 0 Å². The van der Waals surface area contributed by atoms with Crippen molar-refractivity contribution in [1.82, 2.24) is 10.2 Å². The lowest BCUT2D eigenvalue weighted by Crippen LogP contribution is -2.23. The molecule has 0 N–H and O–H groups in total. The molecule has 0 aliphatic rings. The van der Waals surface area contributed by atoms with Crippen molar-refractivity contribution in [2.24, 2.45) is 0 Å². The normalized spacial score (nSPS) is 10.9. The summed E-state index contributed by atoms with van der Waals surface area (Å²) >= 11 is 5.98. The highest BCUT2D eigenvalue weighted by atomic mass is 35.5. The molecule has 0 saturated heterocycles. The molecule has 4 heteroatoms. The standard InChI is InChI=1S/C18H18ClN3/c1-3-22(4-2)18-16-8-6-5-7-15(16)17(20-21-18)13-9-11-14(19)12-10-13/h5-12H,3-4H2,1-2H3. The van der Waals surface area contributed by atoms with Gasteiger partial charge in [-0.2, -0.15) is 0 Å². The van der Waals surface area contributed by atoms with Gasteiger partial charge in [-0.3, -0.25) is 0 Å². The predicted molar refractivity (Wildman–Crippen MR) is 93.5 cm³/mol. The Balaban J connectivity index is 2.22. The molecule has 112 valence electrons. The quantitative estimate of drug-likeness (QED) is 0.693. The van der Waals surface area contributed by atoms with Gasteiger partial charge in [0.25, 0.3) is 0 Å². The summed E-state index contributed by atoms with van der Waals surface area (Å²) in [4.78, 5) is 2.22. The van der Waals surface area contributed by atoms with Gasteiger partial charge in [-0.15, -0.1) is 10.2 Å². The summed E-state index contributed by atoms with van der Waals surface area (Å²) in [6.07, 6.45) is 0. The van der Waals surface area contributed by atoms with Crippen molar-refractivity contribution >= 4 is 28.2 Å². The maximum atomic E-state index is 5.98. The lowest BCUT2D eigenvalue weighted by atomic mass is 10.0. The van der Waals surface area contributed by atoms with Crippen LogP contribution < -0.4 is 4.90 Å². The Hall–Kier alpha value is -2.13. The van der Waals surface area contributed by atoms with Crippen LogP contribution >= 0.6 is 11.6 Å². The number of anilines is 1. The first-order valence-electron chi connectivity index (χ1n) is 7.51. The second kappa shape index (κ2) is 6.32. The maximum absolute atomic E-state index is 5.98. The summed E-state index contributed by atoms with van der Waals surface area (Å²) in [5.74, 6) is 0.943. The number of rotatable bonds is 4. The minimum atomic E-state index is 0.723. The van der Waals surface area contributed by atoms with E-state index in [1.807, 2.05) is 36.4 Å². The summed E-state index contributed by atoms with van der Waals surface area (Å²) in [6.45, 7) is 6.09. The van der Waals surface area contributed by atoms with E-state index in [0.29, 0.717) is 0 Å². The Morgan fingerprint density at radius 2 is 1.50 bits per heavy atom. The Bertz CT molecular complexity index is 780. The first-order valence-corrected chi connectivity index (χ1v) is 7.88. The second-order valence-electron chi connectivity index (χ2n) is 5.10. The molecule has 2 aromatic carbocycles. The van der Waals surface area contributed by atoms with Crippen LogP contribution in [0, 0.1) is 0 Å². The minimum Gasteiger partial charge on any atom is -0.355 e. The predicted octanol–water partition coefficient (Wildman–Crippen LogP) is 4.80. The van der Waals surface area contributed by atoms with Crippen molar-refractivity contribution in [2.75, 3.05) is 18.0 Å². The number of hydrogen-bond acceptors (Lipinski definition) is 3. The Morgan fingerprint density at radius 1 is 0.864 bits per heavy atom. The maximum Gasteiger partial charge on any atom is 0.159 e. The van der Waals surface area contributed by atoms with E-state index in [2.05, 4.69) is 41.1 Å². The molecule has 22 heavy (non-hydrogen) atoms. The van der Waals surface area contributed by atoms with E-state index in [1.54, 1.807) is 0 Å². The van der Waals surface area contributed by atoms with Crippen LogP contribution in [0.15, 0.2) is 48.5 Å². The third-order valence-corrected chi connectivity index (χ3v) is 4.10. The van der Waals surface area contributed by atoms with Gasteiger partial charge in [-0.1, -0.05) is 48.0 Å². The van der Waals surface area contributed by atoms with Crippen molar-refractivity contribution in [1.29, 1.82) is 0 Å². The summed E-state index contributed by atoms with van der Waals surface area (Å²) in [6, 6.07) is 16.0. The first-order chi connectivity index (χ1) is 10.7. The van der Waals surface area contributed by atoms with E-state index in [1.165, 1.54) is 0 Å². The van der Waals surface area contributed by atoms with Gasteiger partial charge in [-0.05, 0) is 26.0 Å².